The second-order valence-electron chi connectivity index (χ2n) is 5.50. The van der Waals surface area contributed by atoms with Crippen LogP contribution in [0.1, 0.15) is 32.6 Å². The van der Waals surface area contributed by atoms with Crippen LogP contribution in [0.15, 0.2) is 29.4 Å². The van der Waals surface area contributed by atoms with Gasteiger partial charge in [0.1, 0.15) is 5.75 Å². The predicted molar refractivity (Wildman–Crippen MR) is 84.7 cm³/mol. The quantitative estimate of drug-likeness (QED) is 0.819. The molecule has 0 bridgehead atoms. The summed E-state index contributed by atoms with van der Waals surface area (Å²) in [7, 11) is 1.62. The molecule has 1 aromatic rings. The second kappa shape index (κ2) is 7.67. The first-order valence-electron chi connectivity index (χ1n) is 7.39. The molecule has 1 aliphatic rings. The molecule has 1 saturated carbocycles. The van der Waals surface area contributed by atoms with Crippen molar-refractivity contribution in [3.05, 3.63) is 24.3 Å². The van der Waals surface area contributed by atoms with Gasteiger partial charge in [0.05, 0.1) is 13.7 Å². The minimum absolute atomic E-state index is 0.136. The van der Waals surface area contributed by atoms with E-state index >= 15 is 0 Å². The molecule has 0 aromatic heterocycles. The summed E-state index contributed by atoms with van der Waals surface area (Å²) in [6, 6.07) is 7.48. The molecule has 2 N–H and O–H groups in total. The highest BCUT2D eigenvalue weighted by Crippen LogP contribution is 2.21. The molecular formula is C16H23N3O2. The highest BCUT2D eigenvalue weighted by atomic mass is 16.5. The maximum Gasteiger partial charge on any atom is 0.259 e. The zero-order chi connectivity index (χ0) is 15.1. The Morgan fingerprint density at radius 1 is 1.48 bits per heavy atom. The summed E-state index contributed by atoms with van der Waals surface area (Å²) < 4.78 is 5.14. The zero-order valence-corrected chi connectivity index (χ0v) is 12.7. The van der Waals surface area contributed by atoms with Gasteiger partial charge >= 0.3 is 0 Å². The van der Waals surface area contributed by atoms with E-state index in [1.54, 1.807) is 7.11 Å². The van der Waals surface area contributed by atoms with Gasteiger partial charge in [0.25, 0.3) is 5.91 Å². The van der Waals surface area contributed by atoms with Gasteiger partial charge in [-0.3, -0.25) is 4.79 Å². The summed E-state index contributed by atoms with van der Waals surface area (Å²) in [5, 5.41) is 7.29. The SMILES string of the molecule is COc1cccc(NCC(=O)N/N=C2/CCC[C@H](C)C2)c1. The van der Waals surface area contributed by atoms with E-state index < -0.39 is 0 Å². The number of benzene rings is 1. The molecule has 1 fully saturated rings. The van der Waals surface area contributed by atoms with Crippen LogP contribution < -0.4 is 15.5 Å². The average Bonchev–Trinajstić information content (AvgIpc) is 2.51. The highest BCUT2D eigenvalue weighted by molar-refractivity contribution is 5.87. The molecule has 0 radical (unpaired) electrons. The number of nitrogens with zero attached hydrogens (tertiary/aromatic N) is 1. The molecule has 1 aromatic carbocycles. The van der Waals surface area contributed by atoms with Gasteiger partial charge < -0.3 is 10.1 Å². The Kier molecular flexibility index (Phi) is 5.60. The molecule has 0 unspecified atom stereocenters. The molecule has 1 amide bonds. The number of amides is 1. The number of carbonyl (C=O) groups excluding carboxylic acids is 1. The van der Waals surface area contributed by atoms with E-state index in [-0.39, 0.29) is 12.5 Å². The number of anilines is 1. The van der Waals surface area contributed by atoms with Gasteiger partial charge in [-0.15, -0.1) is 0 Å². The Morgan fingerprint density at radius 2 is 2.33 bits per heavy atom. The molecule has 0 saturated heterocycles. The van der Waals surface area contributed by atoms with Crippen molar-refractivity contribution in [1.29, 1.82) is 0 Å². The van der Waals surface area contributed by atoms with Gasteiger partial charge in [0.15, 0.2) is 0 Å². The molecule has 1 atom stereocenters. The zero-order valence-electron chi connectivity index (χ0n) is 12.7. The van der Waals surface area contributed by atoms with Crippen LogP contribution in [0, 0.1) is 5.92 Å². The van der Waals surface area contributed by atoms with E-state index in [2.05, 4.69) is 22.8 Å². The standard InChI is InChI=1S/C16H23N3O2/c1-12-5-3-7-14(9-12)18-19-16(20)11-17-13-6-4-8-15(10-13)21-2/h4,6,8,10,12,17H,3,5,7,9,11H2,1-2H3,(H,19,20)/b18-14-/t12-/m0/s1. The molecule has 0 aliphatic heterocycles. The van der Waals surface area contributed by atoms with Crippen LogP contribution in [0.2, 0.25) is 0 Å². The van der Waals surface area contributed by atoms with Crippen LogP contribution in [0.5, 0.6) is 5.75 Å². The lowest BCUT2D eigenvalue weighted by Crippen LogP contribution is -2.27. The van der Waals surface area contributed by atoms with Crippen LogP contribution >= 0.6 is 0 Å². The summed E-state index contributed by atoms with van der Waals surface area (Å²) in [4.78, 5) is 11.8. The molecule has 0 heterocycles. The first kappa shape index (κ1) is 15.4. The third-order valence-electron chi connectivity index (χ3n) is 3.61. The summed E-state index contributed by atoms with van der Waals surface area (Å²) in [6.07, 6.45) is 4.40. The molecule has 5 heteroatoms. The largest absolute Gasteiger partial charge is 0.497 e. The first-order chi connectivity index (χ1) is 10.2. The highest BCUT2D eigenvalue weighted by Gasteiger charge is 2.14. The molecule has 2 rings (SSSR count). The summed E-state index contributed by atoms with van der Waals surface area (Å²) in [5.41, 5.74) is 4.58. The first-order valence-corrected chi connectivity index (χ1v) is 7.39. The maximum absolute atomic E-state index is 11.8. The minimum atomic E-state index is -0.136. The van der Waals surface area contributed by atoms with Crippen molar-refractivity contribution >= 4 is 17.3 Å². The lowest BCUT2D eigenvalue weighted by Gasteiger charge is -2.19. The number of hydrogen-bond acceptors (Lipinski definition) is 4. The Hall–Kier alpha value is -2.04. The van der Waals surface area contributed by atoms with Crippen molar-refractivity contribution in [1.82, 2.24) is 5.43 Å². The number of rotatable bonds is 5. The smallest absolute Gasteiger partial charge is 0.259 e. The lowest BCUT2D eigenvalue weighted by molar-refractivity contribution is -0.119. The number of carbonyl (C=O) groups is 1. The van der Waals surface area contributed by atoms with Crippen molar-refractivity contribution in [2.24, 2.45) is 11.0 Å². The monoisotopic (exact) mass is 289 g/mol. The molecule has 114 valence electrons. The van der Waals surface area contributed by atoms with Crippen LogP contribution in [0.25, 0.3) is 0 Å². The number of hydrogen-bond donors (Lipinski definition) is 2. The van der Waals surface area contributed by atoms with Crippen molar-refractivity contribution in [2.45, 2.75) is 32.6 Å². The van der Waals surface area contributed by atoms with Crippen LogP contribution in [0.4, 0.5) is 5.69 Å². The van der Waals surface area contributed by atoms with Gasteiger partial charge in [0, 0.05) is 17.5 Å². The molecule has 0 spiro atoms. The fraction of sp³-hybridized carbons (Fsp3) is 0.500. The van der Waals surface area contributed by atoms with Crippen molar-refractivity contribution < 1.29 is 9.53 Å². The normalized spacial score (nSPS) is 20.1. The number of hydrazone groups is 1. The van der Waals surface area contributed by atoms with Gasteiger partial charge in [-0.1, -0.05) is 13.0 Å². The average molecular weight is 289 g/mol. The van der Waals surface area contributed by atoms with E-state index in [9.17, 15) is 4.79 Å². The van der Waals surface area contributed by atoms with E-state index in [4.69, 9.17) is 4.74 Å². The van der Waals surface area contributed by atoms with Gasteiger partial charge in [-0.05, 0) is 43.7 Å². The predicted octanol–water partition coefficient (Wildman–Crippen LogP) is 2.79. The Balaban J connectivity index is 1.78. The summed E-state index contributed by atoms with van der Waals surface area (Å²) >= 11 is 0. The van der Waals surface area contributed by atoms with Crippen molar-refractivity contribution in [3.63, 3.8) is 0 Å². The molecule has 1 aliphatic carbocycles. The summed E-state index contributed by atoms with van der Waals surface area (Å²) in [6.45, 7) is 2.42. The Morgan fingerprint density at radius 3 is 3.10 bits per heavy atom. The number of methoxy groups -OCH3 is 1. The van der Waals surface area contributed by atoms with E-state index in [0.29, 0.717) is 5.92 Å². The second-order valence-corrected chi connectivity index (χ2v) is 5.50. The third-order valence-corrected chi connectivity index (χ3v) is 3.61. The van der Waals surface area contributed by atoms with Crippen LogP contribution in [-0.2, 0) is 4.79 Å². The van der Waals surface area contributed by atoms with Crippen molar-refractivity contribution in [2.75, 3.05) is 19.0 Å². The van der Waals surface area contributed by atoms with Gasteiger partial charge in [0.2, 0.25) is 0 Å². The molecular weight excluding hydrogens is 266 g/mol. The summed E-state index contributed by atoms with van der Waals surface area (Å²) in [5.74, 6) is 1.30. The fourth-order valence-corrected chi connectivity index (χ4v) is 2.46. The topological polar surface area (TPSA) is 62.7 Å². The van der Waals surface area contributed by atoms with Crippen LogP contribution in [0.3, 0.4) is 0 Å². The minimum Gasteiger partial charge on any atom is -0.497 e. The van der Waals surface area contributed by atoms with E-state index in [1.165, 1.54) is 6.42 Å². The van der Waals surface area contributed by atoms with Crippen molar-refractivity contribution in [3.8, 4) is 5.75 Å². The van der Waals surface area contributed by atoms with Gasteiger partial charge in [-0.25, -0.2) is 5.43 Å². The third kappa shape index (κ3) is 5.10. The van der Waals surface area contributed by atoms with Gasteiger partial charge in [-0.2, -0.15) is 5.10 Å². The van der Waals surface area contributed by atoms with E-state index in [0.717, 1.165) is 36.4 Å². The maximum atomic E-state index is 11.8. The van der Waals surface area contributed by atoms with Crippen LogP contribution in [-0.4, -0.2) is 25.3 Å². The molecule has 21 heavy (non-hydrogen) atoms. The Bertz CT molecular complexity index is 514. The fourth-order valence-electron chi connectivity index (χ4n) is 2.46. The number of nitrogens with one attached hydrogen (secondary N) is 2. The Labute approximate surface area is 125 Å². The number of ether oxygens (including phenoxy) is 1. The lowest BCUT2D eigenvalue weighted by atomic mass is 9.89. The van der Waals surface area contributed by atoms with E-state index in [1.807, 2.05) is 24.3 Å². The molecule has 5 nitrogen and oxygen atoms in total.